The first-order chi connectivity index (χ1) is 11.6. The van der Waals surface area contributed by atoms with E-state index in [1.807, 2.05) is 0 Å². The molecular weight excluding hydrogens is 330 g/mol. The standard InChI is InChI=1S/C17H9NO5S/c19-15-10-4-1-2-5-11(10)16(20)18(15)23-17(21)14-8-7-13(24-14)12-6-3-9-22-12/h1-9H. The molecule has 2 amide bonds. The lowest BCUT2D eigenvalue weighted by Gasteiger charge is -2.11. The molecule has 3 heterocycles. The molecule has 7 heteroatoms. The zero-order chi connectivity index (χ0) is 16.7. The highest BCUT2D eigenvalue weighted by molar-refractivity contribution is 7.17. The summed E-state index contributed by atoms with van der Waals surface area (Å²) in [5, 5.41) is 0.499. The Morgan fingerprint density at radius 2 is 1.67 bits per heavy atom. The van der Waals surface area contributed by atoms with E-state index in [1.54, 1.807) is 36.4 Å². The van der Waals surface area contributed by atoms with Crippen LogP contribution in [0, 0.1) is 0 Å². The van der Waals surface area contributed by atoms with Crippen molar-refractivity contribution in [2.24, 2.45) is 0 Å². The third-order valence-electron chi connectivity index (χ3n) is 3.50. The van der Waals surface area contributed by atoms with Gasteiger partial charge >= 0.3 is 5.97 Å². The molecule has 0 spiro atoms. The van der Waals surface area contributed by atoms with Crippen LogP contribution in [0.2, 0.25) is 0 Å². The number of furan rings is 1. The number of imide groups is 1. The SMILES string of the molecule is O=C(ON1C(=O)c2ccccc2C1=O)c1ccc(-c2ccco2)s1. The van der Waals surface area contributed by atoms with E-state index in [4.69, 9.17) is 9.25 Å². The van der Waals surface area contributed by atoms with Crippen LogP contribution < -0.4 is 0 Å². The van der Waals surface area contributed by atoms with E-state index in [0.29, 0.717) is 10.8 Å². The molecule has 0 fully saturated rings. The number of benzene rings is 1. The van der Waals surface area contributed by atoms with Gasteiger partial charge in [-0.1, -0.05) is 17.2 Å². The van der Waals surface area contributed by atoms with Gasteiger partial charge in [-0.3, -0.25) is 9.59 Å². The minimum atomic E-state index is -0.771. The molecule has 3 aromatic rings. The Bertz CT molecular complexity index is 922. The largest absolute Gasteiger partial charge is 0.464 e. The minimum Gasteiger partial charge on any atom is -0.464 e. The van der Waals surface area contributed by atoms with Gasteiger partial charge < -0.3 is 9.25 Å². The van der Waals surface area contributed by atoms with Crippen LogP contribution in [0.1, 0.15) is 30.4 Å². The molecule has 0 N–H and O–H groups in total. The van der Waals surface area contributed by atoms with Crippen LogP contribution in [0.15, 0.2) is 59.2 Å². The van der Waals surface area contributed by atoms with E-state index in [9.17, 15) is 14.4 Å². The molecule has 0 unspecified atom stereocenters. The fraction of sp³-hybridized carbons (Fsp3) is 0. The number of rotatable bonds is 3. The second-order valence-corrected chi connectivity index (χ2v) is 6.05. The Balaban J connectivity index is 1.55. The molecule has 0 atom stereocenters. The molecule has 6 nitrogen and oxygen atoms in total. The van der Waals surface area contributed by atoms with Crippen LogP contribution in [0.5, 0.6) is 0 Å². The number of thiophene rings is 1. The van der Waals surface area contributed by atoms with E-state index >= 15 is 0 Å². The van der Waals surface area contributed by atoms with Crippen molar-refractivity contribution >= 4 is 29.1 Å². The maximum atomic E-state index is 12.2. The molecule has 24 heavy (non-hydrogen) atoms. The van der Waals surface area contributed by atoms with Gasteiger partial charge in [-0.05, 0) is 36.4 Å². The zero-order valence-corrected chi connectivity index (χ0v) is 12.9. The van der Waals surface area contributed by atoms with Crippen LogP contribution in [0.4, 0.5) is 0 Å². The summed E-state index contributed by atoms with van der Waals surface area (Å²) in [6, 6.07) is 13.1. The van der Waals surface area contributed by atoms with Gasteiger partial charge in [-0.15, -0.1) is 11.3 Å². The van der Waals surface area contributed by atoms with Gasteiger partial charge in [0.15, 0.2) is 0 Å². The van der Waals surface area contributed by atoms with Gasteiger partial charge in [0.25, 0.3) is 11.8 Å². The fourth-order valence-corrected chi connectivity index (χ4v) is 3.22. The van der Waals surface area contributed by atoms with Gasteiger partial charge in [-0.2, -0.15) is 0 Å². The lowest BCUT2D eigenvalue weighted by Crippen LogP contribution is -2.32. The minimum absolute atomic E-state index is 0.220. The van der Waals surface area contributed by atoms with Gasteiger partial charge in [-0.25, -0.2) is 4.79 Å². The molecule has 1 aromatic carbocycles. The molecule has 0 radical (unpaired) electrons. The lowest BCUT2D eigenvalue weighted by atomic mass is 10.1. The predicted molar refractivity (Wildman–Crippen MR) is 84.4 cm³/mol. The van der Waals surface area contributed by atoms with Crippen molar-refractivity contribution in [1.29, 1.82) is 0 Å². The maximum Gasteiger partial charge on any atom is 0.373 e. The molecule has 2 aromatic heterocycles. The van der Waals surface area contributed by atoms with Crippen molar-refractivity contribution in [3.05, 3.63) is 70.8 Å². The molecular formula is C17H9NO5S. The van der Waals surface area contributed by atoms with E-state index in [0.717, 1.165) is 16.2 Å². The predicted octanol–water partition coefficient (Wildman–Crippen LogP) is 3.38. The van der Waals surface area contributed by atoms with E-state index in [-0.39, 0.29) is 16.0 Å². The average molecular weight is 339 g/mol. The van der Waals surface area contributed by atoms with Crippen molar-refractivity contribution in [2.45, 2.75) is 0 Å². The first-order valence-corrected chi connectivity index (χ1v) is 7.80. The average Bonchev–Trinajstić information content (AvgIpc) is 3.32. The Morgan fingerprint density at radius 3 is 2.29 bits per heavy atom. The van der Waals surface area contributed by atoms with Crippen molar-refractivity contribution < 1.29 is 23.6 Å². The molecule has 4 rings (SSSR count). The summed E-state index contributed by atoms with van der Waals surface area (Å²) in [7, 11) is 0. The Labute approximate surface area is 139 Å². The number of fused-ring (bicyclic) bond motifs is 1. The van der Waals surface area contributed by atoms with Crippen LogP contribution in [0.25, 0.3) is 10.6 Å². The van der Waals surface area contributed by atoms with E-state index < -0.39 is 17.8 Å². The van der Waals surface area contributed by atoms with Crippen molar-refractivity contribution in [1.82, 2.24) is 5.06 Å². The quantitative estimate of drug-likeness (QED) is 0.684. The molecule has 0 aliphatic carbocycles. The van der Waals surface area contributed by atoms with Crippen molar-refractivity contribution in [3.8, 4) is 10.6 Å². The molecule has 0 saturated carbocycles. The Morgan fingerprint density at radius 1 is 0.958 bits per heavy atom. The fourth-order valence-electron chi connectivity index (χ4n) is 2.38. The third-order valence-corrected chi connectivity index (χ3v) is 4.58. The van der Waals surface area contributed by atoms with Crippen LogP contribution in [0.3, 0.4) is 0 Å². The molecule has 0 saturated heterocycles. The Hall–Kier alpha value is -3.19. The van der Waals surface area contributed by atoms with Crippen molar-refractivity contribution in [2.75, 3.05) is 0 Å². The number of hydroxylamine groups is 2. The third kappa shape index (κ3) is 2.22. The van der Waals surface area contributed by atoms with Crippen molar-refractivity contribution in [3.63, 3.8) is 0 Å². The molecule has 0 bridgehead atoms. The van der Waals surface area contributed by atoms with E-state index in [1.165, 1.54) is 18.4 Å². The summed E-state index contributed by atoms with van der Waals surface area (Å²) in [6.07, 6.45) is 1.53. The van der Waals surface area contributed by atoms with Crippen LogP contribution in [-0.4, -0.2) is 22.8 Å². The maximum absolute atomic E-state index is 12.2. The van der Waals surface area contributed by atoms with Gasteiger partial charge in [0, 0.05) is 0 Å². The topological polar surface area (TPSA) is 76.8 Å². The summed E-state index contributed by atoms with van der Waals surface area (Å²) >= 11 is 1.15. The lowest BCUT2D eigenvalue weighted by molar-refractivity contribution is -0.0581. The summed E-state index contributed by atoms with van der Waals surface area (Å²) < 4.78 is 5.26. The molecule has 1 aliphatic heterocycles. The second kappa shape index (κ2) is 5.47. The normalized spacial score (nSPS) is 13.2. The first-order valence-electron chi connectivity index (χ1n) is 6.99. The van der Waals surface area contributed by atoms with Gasteiger partial charge in [0.05, 0.1) is 22.3 Å². The smallest absolute Gasteiger partial charge is 0.373 e. The van der Waals surface area contributed by atoms with E-state index in [2.05, 4.69) is 0 Å². The van der Waals surface area contributed by atoms with Crippen LogP contribution in [-0.2, 0) is 4.84 Å². The highest BCUT2D eigenvalue weighted by atomic mass is 32.1. The number of hydrogen-bond acceptors (Lipinski definition) is 6. The number of carbonyl (C=O) groups excluding carboxylic acids is 3. The Kier molecular flexibility index (Phi) is 3.28. The summed E-state index contributed by atoms with van der Waals surface area (Å²) in [6.45, 7) is 0. The summed E-state index contributed by atoms with van der Waals surface area (Å²) in [5.41, 5.74) is 0.440. The number of nitrogens with zero attached hydrogens (tertiary/aromatic N) is 1. The highest BCUT2D eigenvalue weighted by Gasteiger charge is 2.38. The highest BCUT2D eigenvalue weighted by Crippen LogP contribution is 2.30. The monoisotopic (exact) mass is 339 g/mol. The number of carbonyl (C=O) groups is 3. The van der Waals surface area contributed by atoms with Gasteiger partial charge in [0.2, 0.25) is 0 Å². The van der Waals surface area contributed by atoms with Gasteiger partial charge in [0.1, 0.15) is 10.6 Å². The molecule has 1 aliphatic rings. The second-order valence-electron chi connectivity index (χ2n) is 4.97. The number of amides is 2. The molecule has 118 valence electrons. The van der Waals surface area contributed by atoms with Crippen LogP contribution >= 0.6 is 11.3 Å². The summed E-state index contributed by atoms with van der Waals surface area (Å²) in [5.74, 6) is -1.44. The first kappa shape index (κ1) is 14.4. The summed E-state index contributed by atoms with van der Waals surface area (Å²) in [4.78, 5) is 42.6. The zero-order valence-electron chi connectivity index (χ0n) is 12.1. The number of hydrogen-bond donors (Lipinski definition) is 0.